The summed E-state index contributed by atoms with van der Waals surface area (Å²) in [6.07, 6.45) is 1.97. The Bertz CT molecular complexity index is 786. The van der Waals surface area contributed by atoms with Crippen LogP contribution >= 0.6 is 22.7 Å². The molecule has 2 heterocycles. The number of carbonyl (C=O) groups is 1. The van der Waals surface area contributed by atoms with Crippen LogP contribution in [0.25, 0.3) is 20.7 Å². The highest BCUT2D eigenvalue weighted by molar-refractivity contribution is 7.18. The van der Waals surface area contributed by atoms with E-state index in [4.69, 9.17) is 9.90 Å². The first kappa shape index (κ1) is 16.6. The molecule has 0 unspecified atom stereocenters. The molecular weight excluding hydrogens is 316 g/mol. The van der Waals surface area contributed by atoms with E-state index in [9.17, 15) is 0 Å². The number of hydrogen-bond donors (Lipinski definition) is 1. The summed E-state index contributed by atoms with van der Waals surface area (Å²) in [5.74, 6) is -0.339. The van der Waals surface area contributed by atoms with Gasteiger partial charge in [-0.3, -0.25) is 4.79 Å². The molecule has 0 bridgehead atoms. The maximum Gasteiger partial charge on any atom is 0.300 e. The summed E-state index contributed by atoms with van der Waals surface area (Å²) >= 11 is 3.52. The molecule has 0 aliphatic carbocycles. The molecule has 0 radical (unpaired) electrons. The first-order valence-electron chi connectivity index (χ1n) is 6.89. The van der Waals surface area contributed by atoms with Gasteiger partial charge in [0.1, 0.15) is 0 Å². The first-order valence-corrected chi connectivity index (χ1v) is 8.53. The molecular formula is C16H18N2O2S2. The lowest BCUT2D eigenvalue weighted by Gasteiger charge is -1.97. The molecule has 6 heteroatoms. The van der Waals surface area contributed by atoms with Gasteiger partial charge >= 0.3 is 0 Å². The zero-order chi connectivity index (χ0) is 16.3. The molecule has 0 spiro atoms. The van der Waals surface area contributed by atoms with E-state index >= 15 is 0 Å². The van der Waals surface area contributed by atoms with Gasteiger partial charge in [0.25, 0.3) is 5.97 Å². The highest BCUT2D eigenvalue weighted by atomic mass is 32.1. The van der Waals surface area contributed by atoms with Gasteiger partial charge in [-0.15, -0.1) is 22.7 Å². The minimum Gasteiger partial charge on any atom is -0.481 e. The predicted octanol–water partition coefficient (Wildman–Crippen LogP) is 4.94. The fourth-order valence-corrected chi connectivity index (χ4v) is 3.61. The van der Waals surface area contributed by atoms with E-state index in [1.54, 1.807) is 22.7 Å². The van der Waals surface area contributed by atoms with Crippen molar-refractivity contribution >= 4 is 38.9 Å². The van der Waals surface area contributed by atoms with E-state index in [2.05, 4.69) is 42.0 Å². The van der Waals surface area contributed by atoms with Crippen molar-refractivity contribution in [3.8, 4) is 10.4 Å². The van der Waals surface area contributed by atoms with Crippen LogP contribution in [0.3, 0.4) is 0 Å². The lowest BCUT2D eigenvalue weighted by Crippen LogP contribution is -1.81. The highest BCUT2D eigenvalue weighted by Gasteiger charge is 2.09. The predicted molar refractivity (Wildman–Crippen MR) is 92.9 cm³/mol. The fourth-order valence-electron chi connectivity index (χ4n) is 1.88. The Balaban J connectivity index is 0.000000396. The molecule has 0 aliphatic heterocycles. The fraction of sp³-hybridized carbons (Fsp3) is 0.312. The number of hydrogen-bond acceptors (Lipinski definition) is 5. The zero-order valence-corrected chi connectivity index (χ0v) is 14.6. The van der Waals surface area contributed by atoms with Gasteiger partial charge in [-0.1, -0.05) is 19.9 Å². The van der Waals surface area contributed by atoms with Crippen molar-refractivity contribution in [1.29, 1.82) is 0 Å². The lowest BCUT2D eigenvalue weighted by molar-refractivity contribution is -0.134. The molecule has 22 heavy (non-hydrogen) atoms. The van der Waals surface area contributed by atoms with E-state index < -0.39 is 5.97 Å². The van der Waals surface area contributed by atoms with Crippen LogP contribution in [0.1, 0.15) is 36.7 Å². The molecule has 3 aromatic rings. The summed E-state index contributed by atoms with van der Waals surface area (Å²) < 4.78 is 1.25. The molecule has 0 saturated heterocycles. The maximum absolute atomic E-state index is 9.00. The summed E-state index contributed by atoms with van der Waals surface area (Å²) in [6.45, 7) is 7.49. The summed E-state index contributed by atoms with van der Waals surface area (Å²) in [6, 6.07) is 6.48. The van der Waals surface area contributed by atoms with Crippen LogP contribution in [0.2, 0.25) is 0 Å². The van der Waals surface area contributed by atoms with Gasteiger partial charge in [-0.2, -0.15) is 0 Å². The Morgan fingerprint density at radius 2 is 1.95 bits per heavy atom. The number of carboxylic acids is 1. The van der Waals surface area contributed by atoms with Crippen LogP contribution in [-0.4, -0.2) is 21.0 Å². The Morgan fingerprint density at radius 1 is 1.27 bits per heavy atom. The quantitative estimate of drug-likeness (QED) is 0.721. The number of benzene rings is 1. The molecule has 0 saturated carbocycles. The van der Waals surface area contributed by atoms with Crippen LogP contribution in [0.4, 0.5) is 0 Å². The second kappa shape index (κ2) is 6.98. The van der Waals surface area contributed by atoms with E-state index in [-0.39, 0.29) is 0 Å². The summed E-state index contributed by atoms with van der Waals surface area (Å²) in [4.78, 5) is 19.3. The summed E-state index contributed by atoms with van der Waals surface area (Å²) in [7, 11) is 0. The number of nitrogens with zero attached hydrogens (tertiary/aromatic N) is 2. The summed E-state index contributed by atoms with van der Waals surface area (Å²) in [5.41, 5.74) is 2.31. The number of carboxylic acid groups (broad SMARTS) is 1. The Morgan fingerprint density at radius 3 is 2.55 bits per heavy atom. The number of aliphatic carboxylic acids is 1. The SMILES string of the molecule is CC(=O)O.Cc1nc2cc(-c3cnc(C(C)C)s3)ccc2s1. The number of rotatable bonds is 2. The smallest absolute Gasteiger partial charge is 0.300 e. The van der Waals surface area contributed by atoms with E-state index in [0.29, 0.717) is 5.92 Å². The second-order valence-electron chi connectivity index (χ2n) is 5.15. The number of fused-ring (bicyclic) bond motifs is 1. The van der Waals surface area contributed by atoms with Gasteiger partial charge in [0.2, 0.25) is 0 Å². The first-order chi connectivity index (χ1) is 10.4. The van der Waals surface area contributed by atoms with Crippen molar-refractivity contribution in [2.45, 2.75) is 33.6 Å². The molecule has 4 nitrogen and oxygen atoms in total. The Hall–Kier alpha value is -1.79. The van der Waals surface area contributed by atoms with E-state index in [1.165, 1.54) is 20.1 Å². The minimum atomic E-state index is -0.833. The molecule has 1 aromatic carbocycles. The normalized spacial score (nSPS) is 10.6. The third kappa shape index (κ3) is 4.11. The lowest BCUT2D eigenvalue weighted by atomic mass is 10.2. The monoisotopic (exact) mass is 334 g/mol. The van der Waals surface area contributed by atoms with Crippen molar-refractivity contribution in [1.82, 2.24) is 9.97 Å². The van der Waals surface area contributed by atoms with Gasteiger partial charge in [0.05, 0.1) is 25.1 Å². The van der Waals surface area contributed by atoms with Crippen LogP contribution in [-0.2, 0) is 4.79 Å². The molecule has 0 atom stereocenters. The van der Waals surface area contributed by atoms with Crippen LogP contribution in [0.5, 0.6) is 0 Å². The van der Waals surface area contributed by atoms with Crippen molar-refractivity contribution in [3.63, 3.8) is 0 Å². The van der Waals surface area contributed by atoms with Crippen LogP contribution in [0.15, 0.2) is 24.4 Å². The summed E-state index contributed by atoms with van der Waals surface area (Å²) in [5, 5.41) is 9.73. The molecule has 0 amide bonds. The molecule has 0 aliphatic rings. The molecule has 3 rings (SSSR count). The topological polar surface area (TPSA) is 63.1 Å². The van der Waals surface area contributed by atoms with Crippen molar-refractivity contribution in [2.24, 2.45) is 0 Å². The molecule has 2 aromatic heterocycles. The van der Waals surface area contributed by atoms with E-state index in [1.807, 2.05) is 13.1 Å². The van der Waals surface area contributed by atoms with E-state index in [0.717, 1.165) is 17.4 Å². The van der Waals surface area contributed by atoms with Crippen LogP contribution < -0.4 is 0 Å². The van der Waals surface area contributed by atoms with Crippen molar-refractivity contribution < 1.29 is 9.90 Å². The number of aromatic nitrogens is 2. The highest BCUT2D eigenvalue weighted by Crippen LogP contribution is 2.32. The van der Waals surface area contributed by atoms with Crippen molar-refractivity contribution in [3.05, 3.63) is 34.4 Å². The Kier molecular flexibility index (Phi) is 5.26. The second-order valence-corrected chi connectivity index (χ2v) is 7.45. The molecule has 116 valence electrons. The van der Waals surface area contributed by atoms with Gasteiger partial charge < -0.3 is 5.11 Å². The zero-order valence-electron chi connectivity index (χ0n) is 13.0. The minimum absolute atomic E-state index is 0.494. The number of aryl methyl sites for hydroxylation is 1. The van der Waals surface area contributed by atoms with Crippen molar-refractivity contribution in [2.75, 3.05) is 0 Å². The van der Waals surface area contributed by atoms with Gasteiger partial charge in [-0.05, 0) is 24.6 Å². The van der Waals surface area contributed by atoms with Crippen LogP contribution in [0, 0.1) is 6.92 Å². The molecule has 1 N–H and O–H groups in total. The van der Waals surface area contributed by atoms with Gasteiger partial charge in [0.15, 0.2) is 0 Å². The number of thiazole rings is 2. The third-order valence-electron chi connectivity index (χ3n) is 2.80. The third-order valence-corrected chi connectivity index (χ3v) is 5.10. The van der Waals surface area contributed by atoms with Gasteiger partial charge in [-0.25, -0.2) is 9.97 Å². The Labute approximate surface area is 137 Å². The van der Waals surface area contributed by atoms with Gasteiger partial charge in [0, 0.05) is 19.0 Å². The molecule has 0 fully saturated rings. The largest absolute Gasteiger partial charge is 0.481 e. The standard InChI is InChI=1S/C14H14N2S2.C2H4O2/c1-8(2)14-15-7-13(18-14)10-4-5-12-11(6-10)16-9(3)17-12;1-2(3)4/h4-8H,1-3H3;1H3,(H,3,4). The average Bonchev–Trinajstić information content (AvgIpc) is 3.01. The maximum atomic E-state index is 9.00. The average molecular weight is 334 g/mol.